The molecule has 158 valence electrons. The van der Waals surface area contributed by atoms with Gasteiger partial charge in [-0.3, -0.25) is 0 Å². The highest BCUT2D eigenvalue weighted by Crippen LogP contribution is 2.35. The summed E-state index contributed by atoms with van der Waals surface area (Å²) in [7, 11) is 0. The predicted octanol–water partition coefficient (Wildman–Crippen LogP) is 4.71. The standard InChI is InChI=1S/C23H19N7OS/c1-13-6-4-5-7-17(13)31-12-29-9-8-16(27-29)21-26-22-20-19(24-11-30(22)28-21)18-14(2)10-15(3)25-23(18)32-20/h4-11H,12H2,1-3H3. The Labute approximate surface area is 187 Å². The van der Waals surface area contributed by atoms with Crippen molar-refractivity contribution in [3.8, 4) is 17.3 Å². The molecule has 6 rings (SSSR count). The molecular formula is C23H19N7OS. The third-order valence-corrected chi connectivity index (χ3v) is 6.48. The van der Waals surface area contributed by atoms with E-state index < -0.39 is 0 Å². The average Bonchev–Trinajstić information content (AvgIpc) is 3.48. The van der Waals surface area contributed by atoms with Crippen molar-refractivity contribution in [1.29, 1.82) is 0 Å². The van der Waals surface area contributed by atoms with Crippen molar-refractivity contribution in [1.82, 2.24) is 34.3 Å². The van der Waals surface area contributed by atoms with Gasteiger partial charge in [-0.25, -0.2) is 24.1 Å². The largest absolute Gasteiger partial charge is 0.471 e. The zero-order valence-corrected chi connectivity index (χ0v) is 18.6. The van der Waals surface area contributed by atoms with Gasteiger partial charge in [-0.05, 0) is 50.1 Å². The van der Waals surface area contributed by atoms with E-state index in [1.807, 2.05) is 50.4 Å². The second-order valence-corrected chi connectivity index (χ2v) is 8.77. The lowest BCUT2D eigenvalue weighted by Crippen LogP contribution is -2.06. The van der Waals surface area contributed by atoms with E-state index in [-0.39, 0.29) is 0 Å². The molecule has 0 atom stereocenters. The highest BCUT2D eigenvalue weighted by Gasteiger charge is 2.17. The minimum absolute atomic E-state index is 0.310. The zero-order valence-electron chi connectivity index (χ0n) is 17.8. The van der Waals surface area contributed by atoms with Gasteiger partial charge in [-0.1, -0.05) is 18.2 Å². The van der Waals surface area contributed by atoms with E-state index in [4.69, 9.17) is 14.7 Å². The SMILES string of the molecule is Cc1cc(C)c2c(n1)sc1c2ncn2nc(-c3ccn(COc4ccccc4C)n3)nc12. The molecule has 0 fully saturated rings. The summed E-state index contributed by atoms with van der Waals surface area (Å²) in [6.45, 7) is 6.43. The Morgan fingerprint density at radius 3 is 2.75 bits per heavy atom. The second-order valence-electron chi connectivity index (χ2n) is 7.77. The predicted molar refractivity (Wildman–Crippen MR) is 124 cm³/mol. The quantitative estimate of drug-likeness (QED) is 0.394. The van der Waals surface area contributed by atoms with Crippen molar-refractivity contribution in [2.45, 2.75) is 27.5 Å². The van der Waals surface area contributed by atoms with Crippen LogP contribution in [0.3, 0.4) is 0 Å². The van der Waals surface area contributed by atoms with Crippen LogP contribution in [0.2, 0.25) is 0 Å². The molecule has 0 N–H and O–H groups in total. The lowest BCUT2D eigenvalue weighted by molar-refractivity contribution is 0.220. The van der Waals surface area contributed by atoms with E-state index in [1.165, 1.54) is 5.56 Å². The van der Waals surface area contributed by atoms with Gasteiger partial charge in [0, 0.05) is 17.3 Å². The van der Waals surface area contributed by atoms with Gasteiger partial charge < -0.3 is 4.74 Å². The van der Waals surface area contributed by atoms with Crippen molar-refractivity contribution < 1.29 is 4.74 Å². The fraction of sp³-hybridized carbons (Fsp3) is 0.174. The zero-order chi connectivity index (χ0) is 21.8. The van der Waals surface area contributed by atoms with Crippen LogP contribution in [0, 0.1) is 20.8 Å². The molecule has 0 aliphatic rings. The van der Waals surface area contributed by atoms with E-state index in [0.717, 1.165) is 43.1 Å². The molecule has 0 spiro atoms. The molecule has 0 radical (unpaired) electrons. The third-order valence-electron chi connectivity index (χ3n) is 5.41. The highest BCUT2D eigenvalue weighted by atomic mass is 32.1. The van der Waals surface area contributed by atoms with Crippen LogP contribution in [0.15, 0.2) is 48.9 Å². The number of hydrogen-bond acceptors (Lipinski definition) is 7. The van der Waals surface area contributed by atoms with Crippen molar-refractivity contribution in [2.24, 2.45) is 0 Å². The van der Waals surface area contributed by atoms with Crippen LogP contribution >= 0.6 is 11.3 Å². The molecule has 5 aromatic heterocycles. The van der Waals surface area contributed by atoms with Crippen LogP contribution in [0.25, 0.3) is 37.6 Å². The first-order valence-corrected chi connectivity index (χ1v) is 11.0. The van der Waals surface area contributed by atoms with E-state index >= 15 is 0 Å². The number of ether oxygens (including phenoxy) is 1. The molecule has 0 aliphatic carbocycles. The molecule has 0 saturated carbocycles. The number of para-hydroxylation sites is 1. The fourth-order valence-corrected chi connectivity index (χ4v) is 5.11. The van der Waals surface area contributed by atoms with E-state index in [9.17, 15) is 0 Å². The molecule has 0 unspecified atom stereocenters. The first kappa shape index (κ1) is 18.9. The Balaban J connectivity index is 1.37. The van der Waals surface area contributed by atoms with Crippen molar-refractivity contribution in [3.63, 3.8) is 0 Å². The minimum Gasteiger partial charge on any atom is -0.471 e. The van der Waals surface area contributed by atoms with Crippen molar-refractivity contribution in [2.75, 3.05) is 0 Å². The summed E-state index contributed by atoms with van der Waals surface area (Å²) in [4.78, 5) is 15.1. The van der Waals surface area contributed by atoms with Crippen LogP contribution in [-0.2, 0) is 6.73 Å². The Morgan fingerprint density at radius 2 is 1.88 bits per heavy atom. The van der Waals surface area contributed by atoms with Gasteiger partial charge in [0.05, 0.1) is 5.52 Å². The van der Waals surface area contributed by atoms with Crippen LogP contribution < -0.4 is 4.74 Å². The summed E-state index contributed by atoms with van der Waals surface area (Å²) < 4.78 is 10.3. The van der Waals surface area contributed by atoms with E-state index in [0.29, 0.717) is 18.2 Å². The second kappa shape index (κ2) is 7.10. The number of thiophene rings is 1. The molecular weight excluding hydrogens is 422 g/mol. The Morgan fingerprint density at radius 1 is 1.00 bits per heavy atom. The van der Waals surface area contributed by atoms with E-state index in [1.54, 1.807) is 26.9 Å². The molecule has 32 heavy (non-hydrogen) atoms. The summed E-state index contributed by atoms with van der Waals surface area (Å²) in [6, 6.07) is 11.9. The highest BCUT2D eigenvalue weighted by molar-refractivity contribution is 7.26. The van der Waals surface area contributed by atoms with Gasteiger partial charge in [-0.2, -0.15) is 5.10 Å². The first-order chi connectivity index (χ1) is 15.6. The number of hydrogen-bond donors (Lipinski definition) is 0. The number of fused-ring (bicyclic) bond motifs is 5. The molecule has 1 aromatic carbocycles. The smallest absolute Gasteiger partial charge is 0.202 e. The van der Waals surface area contributed by atoms with Gasteiger partial charge >= 0.3 is 0 Å². The molecule has 6 aromatic rings. The lowest BCUT2D eigenvalue weighted by Gasteiger charge is -2.08. The van der Waals surface area contributed by atoms with Crippen LogP contribution in [0.5, 0.6) is 5.75 Å². The van der Waals surface area contributed by atoms with Crippen LogP contribution in [0.4, 0.5) is 0 Å². The molecule has 5 heterocycles. The average molecular weight is 442 g/mol. The topological polar surface area (TPSA) is 83.0 Å². The lowest BCUT2D eigenvalue weighted by atomic mass is 10.1. The minimum atomic E-state index is 0.310. The molecule has 0 aliphatic heterocycles. The summed E-state index contributed by atoms with van der Waals surface area (Å²) in [5, 5.41) is 10.3. The van der Waals surface area contributed by atoms with Crippen LogP contribution in [0.1, 0.15) is 16.8 Å². The molecule has 0 saturated heterocycles. The maximum absolute atomic E-state index is 5.88. The molecule has 8 nitrogen and oxygen atoms in total. The first-order valence-electron chi connectivity index (χ1n) is 10.2. The Hall–Kier alpha value is -3.85. The third kappa shape index (κ3) is 3.01. The number of pyridine rings is 1. The van der Waals surface area contributed by atoms with Crippen molar-refractivity contribution >= 4 is 37.4 Å². The fourth-order valence-electron chi connectivity index (χ4n) is 3.88. The number of rotatable bonds is 4. The van der Waals surface area contributed by atoms with Crippen LogP contribution in [-0.4, -0.2) is 34.3 Å². The van der Waals surface area contributed by atoms with Gasteiger partial charge in [0.25, 0.3) is 0 Å². The Kier molecular flexibility index (Phi) is 4.19. The molecule has 0 bridgehead atoms. The van der Waals surface area contributed by atoms with Gasteiger partial charge in [0.15, 0.2) is 12.4 Å². The normalized spacial score (nSPS) is 11.7. The van der Waals surface area contributed by atoms with Gasteiger partial charge in [0.1, 0.15) is 27.3 Å². The van der Waals surface area contributed by atoms with Crippen molar-refractivity contribution in [3.05, 3.63) is 65.7 Å². The monoisotopic (exact) mass is 441 g/mol. The van der Waals surface area contributed by atoms with Gasteiger partial charge in [-0.15, -0.1) is 16.4 Å². The number of aryl methyl sites for hydroxylation is 3. The summed E-state index contributed by atoms with van der Waals surface area (Å²) in [5.41, 5.74) is 5.61. The number of nitrogens with zero attached hydrogens (tertiary/aromatic N) is 7. The summed E-state index contributed by atoms with van der Waals surface area (Å²) >= 11 is 1.60. The summed E-state index contributed by atoms with van der Waals surface area (Å²) in [5.74, 6) is 1.39. The maximum atomic E-state index is 5.88. The maximum Gasteiger partial charge on any atom is 0.202 e. The Bertz CT molecular complexity index is 1630. The molecule has 9 heteroatoms. The number of benzene rings is 1. The molecule has 0 amide bonds. The summed E-state index contributed by atoms with van der Waals surface area (Å²) in [6.07, 6.45) is 3.57. The van der Waals surface area contributed by atoms with E-state index in [2.05, 4.69) is 28.2 Å². The van der Waals surface area contributed by atoms with Gasteiger partial charge in [0.2, 0.25) is 5.82 Å². The number of aromatic nitrogens is 7.